The van der Waals surface area contributed by atoms with E-state index in [1.54, 1.807) is 7.11 Å². The van der Waals surface area contributed by atoms with Crippen molar-refractivity contribution in [3.8, 4) is 5.75 Å². The first-order valence-electron chi connectivity index (χ1n) is 10.5. The maximum absolute atomic E-state index is 5.96. The number of nitrogens with zero attached hydrogens (tertiary/aromatic N) is 5. The van der Waals surface area contributed by atoms with Gasteiger partial charge in [0.2, 0.25) is 11.9 Å². The second-order valence-electron chi connectivity index (χ2n) is 7.84. The molecule has 8 heteroatoms. The highest BCUT2D eigenvalue weighted by atomic mass is 16.5. The minimum Gasteiger partial charge on any atom is -0.497 e. The van der Waals surface area contributed by atoms with E-state index in [1.807, 2.05) is 18.2 Å². The highest BCUT2D eigenvalue weighted by Gasteiger charge is 2.19. The Labute approximate surface area is 183 Å². The van der Waals surface area contributed by atoms with Crippen LogP contribution in [0.25, 0.3) is 0 Å². The molecule has 0 bridgehead atoms. The van der Waals surface area contributed by atoms with Gasteiger partial charge in [-0.1, -0.05) is 17.7 Å². The van der Waals surface area contributed by atoms with E-state index in [1.165, 1.54) is 11.3 Å². The number of nitrogens with two attached hydrogens (primary N) is 1. The van der Waals surface area contributed by atoms with Crippen LogP contribution in [0.2, 0.25) is 0 Å². The fourth-order valence-corrected chi connectivity index (χ4v) is 3.80. The number of benzene rings is 2. The lowest BCUT2D eigenvalue weighted by Crippen LogP contribution is -2.46. The van der Waals surface area contributed by atoms with Crippen LogP contribution in [-0.4, -0.2) is 53.1 Å². The van der Waals surface area contributed by atoms with Crippen molar-refractivity contribution in [2.75, 3.05) is 49.2 Å². The molecule has 0 radical (unpaired) electrons. The molecule has 0 atom stereocenters. The first kappa shape index (κ1) is 20.9. The number of hydrogen-bond donors (Lipinski definition) is 2. The molecule has 0 unspecified atom stereocenters. The third-order valence-corrected chi connectivity index (χ3v) is 5.50. The van der Waals surface area contributed by atoms with Crippen molar-refractivity contribution in [1.82, 2.24) is 19.9 Å². The number of hydrogen-bond acceptors (Lipinski definition) is 8. The van der Waals surface area contributed by atoms with Crippen LogP contribution < -0.4 is 20.7 Å². The highest BCUT2D eigenvalue weighted by molar-refractivity contribution is 5.59. The van der Waals surface area contributed by atoms with Crippen LogP contribution in [0.1, 0.15) is 17.0 Å². The second kappa shape index (κ2) is 9.18. The lowest BCUT2D eigenvalue weighted by Gasteiger charge is -2.35. The molecule has 2 aromatic carbocycles. The Hall–Kier alpha value is -3.39. The van der Waals surface area contributed by atoms with Crippen molar-refractivity contribution in [2.24, 2.45) is 0 Å². The van der Waals surface area contributed by atoms with E-state index < -0.39 is 0 Å². The summed E-state index contributed by atoms with van der Waals surface area (Å²) < 4.78 is 5.25. The number of aromatic nitrogens is 3. The minimum atomic E-state index is 0.231. The third-order valence-electron chi connectivity index (χ3n) is 5.50. The molecule has 0 amide bonds. The standard InChI is InChI=1S/C23H29N7O/c1-16-4-9-20(17(2)14-16)25-23-27-21(26-22(24)28-23)15-29-10-12-30(13-11-29)18-5-7-19(31-3)8-6-18/h4-9,14H,10-13,15H2,1-3H3,(H3,24,25,26,27,28). The first-order chi connectivity index (χ1) is 15.0. The Morgan fingerprint density at radius 3 is 2.39 bits per heavy atom. The predicted molar refractivity (Wildman–Crippen MR) is 124 cm³/mol. The molecule has 3 N–H and O–H groups in total. The third kappa shape index (κ3) is 5.21. The normalized spacial score (nSPS) is 14.5. The number of rotatable bonds is 6. The van der Waals surface area contributed by atoms with Crippen molar-refractivity contribution in [2.45, 2.75) is 20.4 Å². The molecular formula is C23H29N7O. The van der Waals surface area contributed by atoms with Crippen LogP contribution in [0.5, 0.6) is 5.75 Å². The van der Waals surface area contributed by atoms with Crippen molar-refractivity contribution < 1.29 is 4.74 Å². The zero-order chi connectivity index (χ0) is 21.8. The molecular weight excluding hydrogens is 390 g/mol. The summed E-state index contributed by atoms with van der Waals surface area (Å²) in [5.74, 6) is 2.26. The Morgan fingerprint density at radius 1 is 0.968 bits per heavy atom. The lowest BCUT2D eigenvalue weighted by atomic mass is 10.1. The Bertz CT molecular complexity index is 1030. The molecule has 1 aliphatic heterocycles. The summed E-state index contributed by atoms with van der Waals surface area (Å²) in [6, 6.07) is 14.4. The van der Waals surface area contributed by atoms with Gasteiger partial charge in [0.1, 0.15) is 11.6 Å². The molecule has 0 spiro atoms. The molecule has 2 heterocycles. The van der Waals surface area contributed by atoms with E-state index in [9.17, 15) is 0 Å². The number of methoxy groups -OCH3 is 1. The quantitative estimate of drug-likeness (QED) is 0.630. The van der Waals surface area contributed by atoms with E-state index in [0.29, 0.717) is 18.3 Å². The molecule has 0 saturated carbocycles. The fraction of sp³-hybridized carbons (Fsp3) is 0.348. The maximum Gasteiger partial charge on any atom is 0.232 e. The average Bonchev–Trinajstić information content (AvgIpc) is 2.76. The summed E-state index contributed by atoms with van der Waals surface area (Å²) >= 11 is 0. The number of piperazine rings is 1. The molecule has 1 fully saturated rings. The largest absolute Gasteiger partial charge is 0.497 e. The van der Waals surface area contributed by atoms with Crippen molar-refractivity contribution in [3.05, 3.63) is 59.4 Å². The van der Waals surface area contributed by atoms with Gasteiger partial charge in [0, 0.05) is 37.6 Å². The topological polar surface area (TPSA) is 92.4 Å². The van der Waals surface area contributed by atoms with Gasteiger partial charge in [-0.25, -0.2) is 0 Å². The molecule has 1 saturated heterocycles. The van der Waals surface area contributed by atoms with Gasteiger partial charge in [0.05, 0.1) is 13.7 Å². The van der Waals surface area contributed by atoms with Crippen LogP contribution >= 0.6 is 0 Å². The number of nitrogens with one attached hydrogen (secondary N) is 1. The van der Waals surface area contributed by atoms with Crippen LogP contribution in [0, 0.1) is 13.8 Å². The van der Waals surface area contributed by atoms with Crippen molar-refractivity contribution >= 4 is 23.3 Å². The van der Waals surface area contributed by atoms with Crippen LogP contribution in [0.4, 0.5) is 23.3 Å². The summed E-state index contributed by atoms with van der Waals surface area (Å²) in [4.78, 5) is 17.9. The van der Waals surface area contributed by atoms with Gasteiger partial charge < -0.3 is 20.7 Å². The van der Waals surface area contributed by atoms with E-state index >= 15 is 0 Å². The van der Waals surface area contributed by atoms with Crippen molar-refractivity contribution in [1.29, 1.82) is 0 Å². The summed E-state index contributed by atoms with van der Waals surface area (Å²) in [7, 11) is 1.69. The maximum atomic E-state index is 5.96. The van der Waals surface area contributed by atoms with Crippen molar-refractivity contribution in [3.63, 3.8) is 0 Å². The number of ether oxygens (including phenoxy) is 1. The monoisotopic (exact) mass is 419 g/mol. The zero-order valence-electron chi connectivity index (χ0n) is 18.3. The van der Waals surface area contributed by atoms with Gasteiger partial charge in [-0.3, -0.25) is 4.90 Å². The van der Waals surface area contributed by atoms with Gasteiger partial charge >= 0.3 is 0 Å². The molecule has 8 nitrogen and oxygen atoms in total. The number of anilines is 4. The molecule has 1 aliphatic rings. The van der Waals surface area contributed by atoms with E-state index in [4.69, 9.17) is 10.5 Å². The second-order valence-corrected chi connectivity index (χ2v) is 7.84. The molecule has 31 heavy (non-hydrogen) atoms. The van der Waals surface area contributed by atoms with Gasteiger partial charge in [0.25, 0.3) is 0 Å². The lowest BCUT2D eigenvalue weighted by molar-refractivity contribution is 0.244. The SMILES string of the molecule is COc1ccc(N2CCN(Cc3nc(N)nc(Nc4ccc(C)cc4C)n3)CC2)cc1. The molecule has 1 aromatic heterocycles. The van der Waals surface area contributed by atoms with Gasteiger partial charge in [0.15, 0.2) is 0 Å². The van der Waals surface area contributed by atoms with Gasteiger partial charge in [-0.05, 0) is 49.7 Å². The van der Waals surface area contributed by atoms with E-state index in [-0.39, 0.29) is 5.95 Å². The van der Waals surface area contributed by atoms with E-state index in [2.05, 4.69) is 68.2 Å². The van der Waals surface area contributed by atoms with Gasteiger partial charge in [-0.15, -0.1) is 0 Å². The summed E-state index contributed by atoms with van der Waals surface area (Å²) in [6.45, 7) is 8.52. The number of nitrogen functional groups attached to an aromatic ring is 1. The van der Waals surface area contributed by atoms with Crippen LogP contribution in [0.3, 0.4) is 0 Å². The fourth-order valence-electron chi connectivity index (χ4n) is 3.80. The summed E-state index contributed by atoms with van der Waals surface area (Å²) in [6.07, 6.45) is 0. The minimum absolute atomic E-state index is 0.231. The van der Waals surface area contributed by atoms with Crippen LogP contribution in [-0.2, 0) is 6.54 Å². The molecule has 4 rings (SSSR count). The molecule has 3 aromatic rings. The van der Waals surface area contributed by atoms with Gasteiger partial charge in [-0.2, -0.15) is 15.0 Å². The Balaban J connectivity index is 1.38. The van der Waals surface area contributed by atoms with E-state index in [0.717, 1.165) is 43.2 Å². The Kier molecular flexibility index (Phi) is 6.18. The Morgan fingerprint density at radius 2 is 1.71 bits per heavy atom. The number of aryl methyl sites for hydroxylation is 2. The zero-order valence-corrected chi connectivity index (χ0v) is 18.3. The average molecular weight is 420 g/mol. The molecule has 162 valence electrons. The summed E-state index contributed by atoms with van der Waals surface area (Å²) in [5.41, 5.74) is 10.5. The van der Waals surface area contributed by atoms with Crippen LogP contribution in [0.15, 0.2) is 42.5 Å². The summed E-state index contributed by atoms with van der Waals surface area (Å²) in [5, 5.41) is 3.28. The smallest absolute Gasteiger partial charge is 0.232 e. The molecule has 0 aliphatic carbocycles. The predicted octanol–water partition coefficient (Wildman–Crippen LogP) is 3.15. The first-order valence-corrected chi connectivity index (χ1v) is 10.5. The highest BCUT2D eigenvalue weighted by Crippen LogP contribution is 2.22.